The number of amides is 1. The summed E-state index contributed by atoms with van der Waals surface area (Å²) >= 11 is 1.66. The number of thiazole rings is 1. The molecule has 0 saturated heterocycles. The van der Waals surface area contributed by atoms with Crippen molar-refractivity contribution in [3.05, 3.63) is 53.2 Å². The van der Waals surface area contributed by atoms with Gasteiger partial charge in [-0.15, -0.1) is 11.3 Å². The van der Waals surface area contributed by atoms with E-state index in [4.69, 9.17) is 0 Å². The maximum Gasteiger partial charge on any atom is 0.224 e. The van der Waals surface area contributed by atoms with E-state index >= 15 is 0 Å². The Balaban J connectivity index is 1.60. The first-order valence-corrected chi connectivity index (χ1v) is 8.04. The van der Waals surface area contributed by atoms with Crippen LogP contribution in [0.3, 0.4) is 0 Å². The average Bonchev–Trinajstić information content (AvgIpc) is 3.17. The van der Waals surface area contributed by atoms with Crippen LogP contribution in [-0.2, 0) is 11.3 Å². The predicted octanol–water partition coefficient (Wildman–Crippen LogP) is 3.70. The van der Waals surface area contributed by atoms with Crippen LogP contribution in [0.5, 0.6) is 0 Å². The average molecular weight is 298 g/mol. The fourth-order valence-electron chi connectivity index (χ4n) is 2.52. The number of rotatable bonds is 4. The molecule has 4 heteroatoms. The largest absolute Gasteiger partial charge is 0.352 e. The van der Waals surface area contributed by atoms with Gasteiger partial charge in [-0.05, 0) is 30.9 Å². The molecule has 1 heterocycles. The number of carbonyl (C=O) groups is 1. The highest BCUT2D eigenvalue weighted by atomic mass is 32.1. The van der Waals surface area contributed by atoms with E-state index in [1.165, 1.54) is 10.4 Å². The van der Waals surface area contributed by atoms with Gasteiger partial charge < -0.3 is 5.32 Å². The van der Waals surface area contributed by atoms with Crippen molar-refractivity contribution in [1.29, 1.82) is 0 Å². The summed E-state index contributed by atoms with van der Waals surface area (Å²) in [5, 5.41) is 3.02. The van der Waals surface area contributed by atoms with Gasteiger partial charge in [0.15, 0.2) is 0 Å². The Bertz CT molecular complexity index is 650. The summed E-state index contributed by atoms with van der Waals surface area (Å²) in [6.45, 7) is 2.62. The molecule has 0 radical (unpaired) electrons. The lowest BCUT2D eigenvalue weighted by atomic mass is 10.1. The molecule has 108 valence electrons. The molecule has 1 aromatic heterocycles. The molecule has 3 nitrogen and oxygen atoms in total. The summed E-state index contributed by atoms with van der Waals surface area (Å²) < 4.78 is 0. The molecule has 3 rings (SSSR count). The second kappa shape index (κ2) is 6.22. The van der Waals surface area contributed by atoms with Gasteiger partial charge in [-0.2, -0.15) is 0 Å². The molecule has 1 aliphatic carbocycles. The molecule has 0 aliphatic heterocycles. The summed E-state index contributed by atoms with van der Waals surface area (Å²) in [7, 11) is 0. The highest BCUT2D eigenvalue weighted by Gasteiger charge is 2.18. The van der Waals surface area contributed by atoms with E-state index < -0.39 is 0 Å². The standard InChI is InChI=1S/C17H18N2OS/c1-12-16(21-11-19-12)14-8-6-13(7-9-14)10-18-17(20)15-4-2-3-5-15/h2-3,6-9,11,15H,4-5,10H2,1H3,(H,18,20). The monoisotopic (exact) mass is 298 g/mol. The number of nitrogens with one attached hydrogen (secondary N) is 1. The molecule has 0 atom stereocenters. The summed E-state index contributed by atoms with van der Waals surface area (Å²) in [5.74, 6) is 0.284. The van der Waals surface area contributed by atoms with Gasteiger partial charge in [0.2, 0.25) is 5.91 Å². The molecule has 0 unspecified atom stereocenters. The molecule has 0 spiro atoms. The molecule has 0 bridgehead atoms. The fourth-order valence-corrected chi connectivity index (χ4v) is 3.33. The summed E-state index contributed by atoms with van der Waals surface area (Å²) in [6.07, 6.45) is 5.90. The molecule has 1 amide bonds. The predicted molar refractivity (Wildman–Crippen MR) is 86.0 cm³/mol. The molecule has 1 N–H and O–H groups in total. The number of allylic oxidation sites excluding steroid dienone is 2. The molecule has 2 aromatic rings. The summed E-state index contributed by atoms with van der Waals surface area (Å²) in [6, 6.07) is 8.33. The van der Waals surface area contributed by atoms with E-state index in [2.05, 4.69) is 46.7 Å². The number of carbonyl (C=O) groups excluding carboxylic acids is 1. The lowest BCUT2D eigenvalue weighted by molar-refractivity contribution is -0.124. The number of aryl methyl sites for hydroxylation is 1. The van der Waals surface area contributed by atoms with Crippen LogP contribution in [0.4, 0.5) is 0 Å². The molecule has 0 fully saturated rings. The second-order valence-electron chi connectivity index (χ2n) is 5.32. The Morgan fingerprint density at radius 2 is 2.00 bits per heavy atom. The van der Waals surface area contributed by atoms with Crippen LogP contribution >= 0.6 is 11.3 Å². The van der Waals surface area contributed by atoms with Crippen molar-refractivity contribution >= 4 is 17.2 Å². The Morgan fingerprint density at radius 3 is 2.62 bits per heavy atom. The normalized spacial score (nSPS) is 14.5. The second-order valence-corrected chi connectivity index (χ2v) is 6.18. The number of nitrogens with zero attached hydrogens (tertiary/aromatic N) is 1. The SMILES string of the molecule is Cc1ncsc1-c1ccc(CNC(=O)C2CC=CC2)cc1. The quantitative estimate of drug-likeness (QED) is 0.874. The van der Waals surface area contributed by atoms with Crippen LogP contribution in [0.15, 0.2) is 41.9 Å². The minimum Gasteiger partial charge on any atom is -0.352 e. The van der Waals surface area contributed by atoms with Crippen molar-refractivity contribution < 1.29 is 4.79 Å². The van der Waals surface area contributed by atoms with Crippen molar-refractivity contribution in [1.82, 2.24) is 10.3 Å². The van der Waals surface area contributed by atoms with Gasteiger partial charge in [0, 0.05) is 12.5 Å². The smallest absolute Gasteiger partial charge is 0.224 e. The van der Waals surface area contributed by atoms with Crippen LogP contribution in [0.2, 0.25) is 0 Å². The Kier molecular flexibility index (Phi) is 4.15. The minimum absolute atomic E-state index is 0.129. The summed E-state index contributed by atoms with van der Waals surface area (Å²) in [4.78, 5) is 17.4. The lowest BCUT2D eigenvalue weighted by Gasteiger charge is -2.10. The molecular weight excluding hydrogens is 280 g/mol. The Morgan fingerprint density at radius 1 is 1.29 bits per heavy atom. The number of hydrogen-bond acceptors (Lipinski definition) is 3. The van der Waals surface area contributed by atoms with Gasteiger partial charge in [0.05, 0.1) is 16.1 Å². The number of hydrogen-bond donors (Lipinski definition) is 1. The van der Waals surface area contributed by atoms with Gasteiger partial charge in [-0.25, -0.2) is 4.98 Å². The molecule has 21 heavy (non-hydrogen) atoms. The Hall–Kier alpha value is -1.94. The van der Waals surface area contributed by atoms with Crippen molar-refractivity contribution in [3.8, 4) is 10.4 Å². The number of benzene rings is 1. The van der Waals surface area contributed by atoms with Crippen LogP contribution in [0.25, 0.3) is 10.4 Å². The van der Waals surface area contributed by atoms with Crippen molar-refractivity contribution in [2.24, 2.45) is 5.92 Å². The van der Waals surface area contributed by atoms with E-state index in [0.29, 0.717) is 6.54 Å². The fraction of sp³-hybridized carbons (Fsp3) is 0.294. The van der Waals surface area contributed by atoms with E-state index in [-0.39, 0.29) is 11.8 Å². The highest BCUT2D eigenvalue weighted by Crippen LogP contribution is 2.27. The van der Waals surface area contributed by atoms with Crippen LogP contribution < -0.4 is 5.32 Å². The van der Waals surface area contributed by atoms with Crippen molar-refractivity contribution in [3.63, 3.8) is 0 Å². The third-order valence-electron chi connectivity index (χ3n) is 3.81. The number of aromatic nitrogens is 1. The zero-order valence-corrected chi connectivity index (χ0v) is 12.8. The minimum atomic E-state index is 0.129. The van der Waals surface area contributed by atoms with Crippen molar-refractivity contribution in [2.45, 2.75) is 26.3 Å². The highest BCUT2D eigenvalue weighted by molar-refractivity contribution is 7.13. The van der Waals surface area contributed by atoms with E-state index in [1.807, 2.05) is 12.4 Å². The first kappa shape index (κ1) is 14.0. The molecular formula is C17H18N2OS. The van der Waals surface area contributed by atoms with Crippen LogP contribution in [0.1, 0.15) is 24.1 Å². The third kappa shape index (κ3) is 3.22. The first-order chi connectivity index (χ1) is 10.2. The molecule has 1 aliphatic rings. The van der Waals surface area contributed by atoms with Gasteiger partial charge in [-0.3, -0.25) is 4.79 Å². The van der Waals surface area contributed by atoms with Gasteiger partial charge in [-0.1, -0.05) is 36.4 Å². The van der Waals surface area contributed by atoms with Crippen LogP contribution in [0, 0.1) is 12.8 Å². The van der Waals surface area contributed by atoms with Crippen molar-refractivity contribution in [2.75, 3.05) is 0 Å². The van der Waals surface area contributed by atoms with Gasteiger partial charge >= 0.3 is 0 Å². The first-order valence-electron chi connectivity index (χ1n) is 7.16. The zero-order valence-electron chi connectivity index (χ0n) is 12.0. The van der Waals surface area contributed by atoms with E-state index in [0.717, 1.165) is 24.1 Å². The van der Waals surface area contributed by atoms with E-state index in [9.17, 15) is 4.79 Å². The van der Waals surface area contributed by atoms with E-state index in [1.54, 1.807) is 11.3 Å². The van der Waals surface area contributed by atoms with Crippen LogP contribution in [-0.4, -0.2) is 10.9 Å². The third-order valence-corrected chi connectivity index (χ3v) is 4.78. The lowest BCUT2D eigenvalue weighted by Crippen LogP contribution is -2.28. The molecule has 1 aromatic carbocycles. The van der Waals surface area contributed by atoms with Gasteiger partial charge in [0.25, 0.3) is 0 Å². The van der Waals surface area contributed by atoms with Gasteiger partial charge in [0.1, 0.15) is 0 Å². The molecule has 0 saturated carbocycles. The summed E-state index contributed by atoms with van der Waals surface area (Å²) in [5.41, 5.74) is 5.24. The maximum absolute atomic E-state index is 12.0. The topological polar surface area (TPSA) is 42.0 Å². The maximum atomic E-state index is 12.0. The Labute approximate surface area is 128 Å². The zero-order chi connectivity index (χ0) is 14.7.